The number of nitrogens with one attached hydrogen (secondary N) is 1. The first-order valence-electron chi connectivity index (χ1n) is 6.44. The van der Waals surface area contributed by atoms with Crippen LogP contribution in [0.25, 0.3) is 0 Å². The molecule has 3 heteroatoms. The molecule has 2 fully saturated rings. The maximum absolute atomic E-state index is 12.0. The molecule has 90 valence electrons. The Labute approximate surface area is 97.9 Å². The zero-order chi connectivity index (χ0) is 11.4. The Morgan fingerprint density at radius 1 is 1.38 bits per heavy atom. The Morgan fingerprint density at radius 3 is 3.00 bits per heavy atom. The average Bonchev–Trinajstić information content (AvgIpc) is 2.76. The van der Waals surface area contributed by atoms with E-state index in [0.29, 0.717) is 19.1 Å². The van der Waals surface area contributed by atoms with Crippen molar-refractivity contribution in [1.29, 1.82) is 0 Å². The first kappa shape index (κ1) is 11.6. The molecular formula is C13H22N2O. The van der Waals surface area contributed by atoms with E-state index >= 15 is 0 Å². The summed E-state index contributed by atoms with van der Waals surface area (Å²) in [6, 6.07) is 0.548. The number of hydrogen-bond acceptors (Lipinski definition) is 2. The molecule has 1 saturated heterocycles. The van der Waals surface area contributed by atoms with Crippen LogP contribution >= 0.6 is 0 Å². The summed E-state index contributed by atoms with van der Waals surface area (Å²) in [5.41, 5.74) is 0. The molecule has 1 saturated carbocycles. The normalized spacial score (nSPS) is 28.9. The number of hydrogen-bond donors (Lipinski definition) is 1. The molecule has 16 heavy (non-hydrogen) atoms. The number of likely N-dealkylation sites (tertiary alicyclic amines) is 1. The van der Waals surface area contributed by atoms with Gasteiger partial charge in [0, 0.05) is 19.1 Å². The summed E-state index contributed by atoms with van der Waals surface area (Å²) < 4.78 is 0. The SMILES string of the molecule is C=CCNCC(=O)N1CCCC2CCCC21. The molecule has 0 spiro atoms. The number of piperidine rings is 1. The Morgan fingerprint density at radius 2 is 2.19 bits per heavy atom. The van der Waals surface area contributed by atoms with E-state index in [1.54, 1.807) is 6.08 Å². The molecule has 0 bridgehead atoms. The highest BCUT2D eigenvalue weighted by atomic mass is 16.2. The fourth-order valence-electron chi connectivity index (χ4n) is 3.15. The fraction of sp³-hybridized carbons (Fsp3) is 0.769. The average molecular weight is 222 g/mol. The molecule has 0 aromatic carbocycles. The van der Waals surface area contributed by atoms with Gasteiger partial charge in [-0.3, -0.25) is 4.79 Å². The summed E-state index contributed by atoms with van der Waals surface area (Å²) in [5, 5.41) is 3.10. The Kier molecular flexibility index (Phi) is 3.99. The van der Waals surface area contributed by atoms with Gasteiger partial charge in [0.1, 0.15) is 0 Å². The Bertz CT molecular complexity index is 265. The van der Waals surface area contributed by atoms with E-state index in [0.717, 1.165) is 12.5 Å². The molecule has 1 aliphatic heterocycles. The van der Waals surface area contributed by atoms with Crippen molar-refractivity contribution in [2.24, 2.45) is 5.92 Å². The highest BCUT2D eigenvalue weighted by molar-refractivity contribution is 5.78. The third kappa shape index (κ3) is 2.46. The topological polar surface area (TPSA) is 32.3 Å². The van der Waals surface area contributed by atoms with Crippen molar-refractivity contribution in [2.45, 2.75) is 38.1 Å². The van der Waals surface area contributed by atoms with E-state index in [-0.39, 0.29) is 5.91 Å². The van der Waals surface area contributed by atoms with E-state index < -0.39 is 0 Å². The van der Waals surface area contributed by atoms with Crippen molar-refractivity contribution in [2.75, 3.05) is 19.6 Å². The number of nitrogens with zero attached hydrogens (tertiary/aromatic N) is 1. The number of rotatable bonds is 4. The van der Waals surface area contributed by atoms with Gasteiger partial charge in [-0.2, -0.15) is 0 Å². The third-order valence-corrected chi connectivity index (χ3v) is 3.88. The van der Waals surface area contributed by atoms with Gasteiger partial charge in [0.15, 0.2) is 0 Å². The quantitative estimate of drug-likeness (QED) is 0.578. The second-order valence-corrected chi connectivity index (χ2v) is 4.91. The zero-order valence-corrected chi connectivity index (χ0v) is 9.95. The predicted molar refractivity (Wildman–Crippen MR) is 65.1 cm³/mol. The van der Waals surface area contributed by atoms with Crippen LogP contribution in [0.2, 0.25) is 0 Å². The van der Waals surface area contributed by atoms with Crippen LogP contribution in [0.3, 0.4) is 0 Å². The van der Waals surface area contributed by atoms with Crippen molar-refractivity contribution in [3.63, 3.8) is 0 Å². The summed E-state index contributed by atoms with van der Waals surface area (Å²) in [7, 11) is 0. The molecule has 1 heterocycles. The van der Waals surface area contributed by atoms with Crippen molar-refractivity contribution in [1.82, 2.24) is 10.2 Å². The van der Waals surface area contributed by atoms with Gasteiger partial charge in [0.2, 0.25) is 5.91 Å². The largest absolute Gasteiger partial charge is 0.338 e. The molecule has 1 amide bonds. The molecule has 2 aliphatic rings. The van der Waals surface area contributed by atoms with Gasteiger partial charge in [-0.15, -0.1) is 6.58 Å². The minimum atomic E-state index is 0.276. The lowest BCUT2D eigenvalue weighted by Crippen LogP contribution is -2.49. The minimum Gasteiger partial charge on any atom is -0.338 e. The molecule has 3 nitrogen and oxygen atoms in total. The smallest absolute Gasteiger partial charge is 0.236 e. The summed E-state index contributed by atoms with van der Waals surface area (Å²) >= 11 is 0. The number of fused-ring (bicyclic) bond motifs is 1. The van der Waals surface area contributed by atoms with Gasteiger partial charge in [0.05, 0.1) is 6.54 Å². The molecule has 2 unspecified atom stereocenters. The molecule has 0 radical (unpaired) electrons. The molecule has 1 N–H and O–H groups in total. The van der Waals surface area contributed by atoms with Crippen molar-refractivity contribution in [3.05, 3.63) is 12.7 Å². The highest BCUT2D eigenvalue weighted by Crippen LogP contribution is 2.36. The zero-order valence-electron chi connectivity index (χ0n) is 9.95. The Balaban J connectivity index is 1.86. The lowest BCUT2D eigenvalue weighted by molar-refractivity contribution is -0.134. The number of carbonyl (C=O) groups excluding carboxylic acids is 1. The van der Waals surface area contributed by atoms with Crippen LogP contribution in [0.15, 0.2) is 12.7 Å². The van der Waals surface area contributed by atoms with Gasteiger partial charge in [-0.05, 0) is 31.6 Å². The molecule has 2 rings (SSSR count). The minimum absolute atomic E-state index is 0.276. The van der Waals surface area contributed by atoms with E-state index in [1.165, 1.54) is 32.1 Å². The number of carbonyl (C=O) groups is 1. The third-order valence-electron chi connectivity index (χ3n) is 3.88. The lowest BCUT2D eigenvalue weighted by atomic mass is 9.92. The number of amides is 1. The van der Waals surface area contributed by atoms with Crippen molar-refractivity contribution >= 4 is 5.91 Å². The van der Waals surface area contributed by atoms with Crippen molar-refractivity contribution < 1.29 is 4.79 Å². The summed E-state index contributed by atoms with van der Waals surface area (Å²) in [5.74, 6) is 1.07. The lowest BCUT2D eigenvalue weighted by Gasteiger charge is -2.37. The van der Waals surface area contributed by atoms with E-state index in [1.807, 2.05) is 0 Å². The first-order valence-corrected chi connectivity index (χ1v) is 6.44. The van der Waals surface area contributed by atoms with Gasteiger partial charge in [-0.25, -0.2) is 0 Å². The van der Waals surface area contributed by atoms with E-state index in [2.05, 4.69) is 16.8 Å². The first-order chi connectivity index (χ1) is 7.83. The van der Waals surface area contributed by atoms with E-state index in [4.69, 9.17) is 0 Å². The van der Waals surface area contributed by atoms with Crippen LogP contribution < -0.4 is 5.32 Å². The standard InChI is InChI=1S/C13H22N2O/c1-2-8-14-10-13(16)15-9-4-6-11-5-3-7-12(11)15/h2,11-12,14H,1,3-10H2. The molecular weight excluding hydrogens is 200 g/mol. The van der Waals surface area contributed by atoms with Gasteiger partial charge in [0.25, 0.3) is 0 Å². The Hall–Kier alpha value is -0.830. The second kappa shape index (κ2) is 5.48. The predicted octanol–water partition coefficient (Wildman–Crippen LogP) is 1.55. The van der Waals surface area contributed by atoms with Gasteiger partial charge in [-0.1, -0.05) is 12.5 Å². The van der Waals surface area contributed by atoms with Crippen LogP contribution in [0.1, 0.15) is 32.1 Å². The van der Waals surface area contributed by atoms with Crippen molar-refractivity contribution in [3.8, 4) is 0 Å². The molecule has 0 aromatic heterocycles. The highest BCUT2D eigenvalue weighted by Gasteiger charge is 2.36. The van der Waals surface area contributed by atoms with Crippen LogP contribution in [0.5, 0.6) is 0 Å². The molecule has 0 aromatic rings. The van der Waals surface area contributed by atoms with E-state index in [9.17, 15) is 4.79 Å². The molecule has 1 aliphatic carbocycles. The van der Waals surface area contributed by atoms with Crippen LogP contribution in [0, 0.1) is 5.92 Å². The molecule has 2 atom stereocenters. The van der Waals surface area contributed by atoms with Gasteiger partial charge < -0.3 is 10.2 Å². The van der Waals surface area contributed by atoms with Crippen LogP contribution in [0.4, 0.5) is 0 Å². The summed E-state index contributed by atoms with van der Waals surface area (Å²) in [6.45, 7) is 5.79. The maximum Gasteiger partial charge on any atom is 0.236 e. The van der Waals surface area contributed by atoms with Crippen LogP contribution in [-0.4, -0.2) is 36.5 Å². The monoisotopic (exact) mass is 222 g/mol. The summed E-state index contributed by atoms with van der Waals surface area (Å²) in [4.78, 5) is 14.2. The maximum atomic E-state index is 12.0. The second-order valence-electron chi connectivity index (χ2n) is 4.91. The van der Waals surface area contributed by atoms with Crippen LogP contribution in [-0.2, 0) is 4.79 Å². The summed E-state index contributed by atoms with van der Waals surface area (Å²) in [6.07, 6.45) is 8.16. The fourth-order valence-corrected chi connectivity index (χ4v) is 3.15. The van der Waals surface area contributed by atoms with Gasteiger partial charge >= 0.3 is 0 Å².